The molecule has 12 heteroatoms. The molecule has 9 nitrogen and oxygen atoms in total. The molecule has 1 heterocycles. The molecule has 0 bridgehead atoms. The number of phosphoric acid groups is 1. The molecule has 0 aliphatic rings. The number of nitrogens with zero attached hydrogens (tertiary/aromatic N) is 2. The summed E-state index contributed by atoms with van der Waals surface area (Å²) in [5.41, 5.74) is 1.08. The molecular weight excluding hydrogens is 380 g/mol. The molecule has 1 aromatic heterocycles. The predicted molar refractivity (Wildman–Crippen MR) is 87.7 cm³/mol. The zero-order valence-electron chi connectivity index (χ0n) is 14.1. The van der Waals surface area contributed by atoms with Gasteiger partial charge in [-0.1, -0.05) is 6.92 Å². The fraction of sp³-hybridized carbons (Fsp3) is 0.385. The Balaban J connectivity index is 0.00000312. The van der Waals surface area contributed by atoms with Gasteiger partial charge >= 0.3 is 35.7 Å². The third-order valence-corrected chi connectivity index (χ3v) is 4.58. The summed E-state index contributed by atoms with van der Waals surface area (Å²) in [5.74, 6) is 0.995. The molecule has 2 N–H and O–H groups in total. The number of carbonyl (C=O) groups is 1. The molecule has 1 unspecified atom stereocenters. The number of anilines is 1. The Hall–Kier alpha value is -0.580. The Kier molecular flexibility index (Phi) is 8.93. The van der Waals surface area contributed by atoms with Crippen molar-refractivity contribution in [3.05, 3.63) is 18.2 Å². The van der Waals surface area contributed by atoms with Crippen LogP contribution in [-0.2, 0) is 20.6 Å². The second-order valence-corrected chi connectivity index (χ2v) is 7.07. The number of ether oxygens (including phenoxy) is 1. The van der Waals surface area contributed by atoms with Crippen LogP contribution >= 0.6 is 19.6 Å². The van der Waals surface area contributed by atoms with Crippen LogP contribution in [0.15, 0.2) is 23.1 Å². The first kappa shape index (κ1) is 22.5. The van der Waals surface area contributed by atoms with Crippen molar-refractivity contribution >= 4 is 42.7 Å². The van der Waals surface area contributed by atoms with E-state index in [1.807, 2.05) is 12.1 Å². The fourth-order valence-electron chi connectivity index (χ4n) is 1.92. The molecular formula is C13H17N3NaO6PS. The number of phosphoric ester groups is 1. The van der Waals surface area contributed by atoms with E-state index in [1.54, 1.807) is 17.8 Å². The Bertz CT molecular complexity index is 780. The molecule has 0 aliphatic carbocycles. The van der Waals surface area contributed by atoms with E-state index in [9.17, 15) is 14.3 Å². The second-order valence-electron chi connectivity index (χ2n) is 4.71. The smallest absolute Gasteiger partial charge is 0.756 e. The van der Waals surface area contributed by atoms with E-state index in [0.29, 0.717) is 11.0 Å². The molecule has 2 aromatic rings. The van der Waals surface area contributed by atoms with Crippen molar-refractivity contribution in [1.82, 2.24) is 9.55 Å². The molecule has 0 aliphatic heterocycles. The van der Waals surface area contributed by atoms with Crippen LogP contribution in [-0.4, -0.2) is 33.4 Å². The van der Waals surface area contributed by atoms with E-state index in [1.165, 1.54) is 11.7 Å². The minimum Gasteiger partial charge on any atom is -0.756 e. The van der Waals surface area contributed by atoms with Crippen LogP contribution in [0.5, 0.6) is 0 Å². The molecule has 0 saturated carbocycles. The third kappa shape index (κ3) is 6.58. The van der Waals surface area contributed by atoms with Gasteiger partial charge in [-0.25, -0.2) is 9.78 Å². The van der Waals surface area contributed by atoms with E-state index >= 15 is 0 Å². The van der Waals surface area contributed by atoms with Crippen molar-refractivity contribution < 1.29 is 58.0 Å². The zero-order valence-corrected chi connectivity index (χ0v) is 17.8. The number of carbonyl (C=O) groups excluding carboxylic acids is 1. The van der Waals surface area contributed by atoms with Crippen molar-refractivity contribution in [2.75, 3.05) is 18.2 Å². The molecule has 1 atom stereocenters. The average Bonchev–Trinajstić information content (AvgIpc) is 2.86. The van der Waals surface area contributed by atoms with Gasteiger partial charge in [-0.05, 0) is 30.4 Å². The number of amides is 1. The third-order valence-electron chi connectivity index (χ3n) is 2.94. The van der Waals surface area contributed by atoms with Gasteiger partial charge in [-0.15, -0.1) is 11.8 Å². The van der Waals surface area contributed by atoms with Crippen LogP contribution in [0.25, 0.3) is 11.0 Å². The number of methoxy groups -OCH3 is 1. The maximum atomic E-state index is 11.4. The number of aromatic nitrogens is 2. The normalized spacial score (nSPS) is 13.1. The van der Waals surface area contributed by atoms with Crippen LogP contribution in [0.2, 0.25) is 0 Å². The Morgan fingerprint density at radius 3 is 2.84 bits per heavy atom. The monoisotopic (exact) mass is 397 g/mol. The number of imidazole rings is 1. The number of hydrogen-bond acceptors (Lipinski definition) is 7. The number of nitrogens with one attached hydrogen (secondary N) is 1. The summed E-state index contributed by atoms with van der Waals surface area (Å²) in [6.07, 6.45) is 0.261. The SMILES string of the molecule is CCCSc1ccc2c(c1)nc(NC(=O)OC)n2COP(=O)([O-])O.[Na+]. The predicted octanol–water partition coefficient (Wildman–Crippen LogP) is -0.845. The van der Waals surface area contributed by atoms with Gasteiger partial charge in [0.25, 0.3) is 7.82 Å². The maximum absolute atomic E-state index is 11.4. The molecule has 2 rings (SSSR count). The minimum absolute atomic E-state index is 0. The van der Waals surface area contributed by atoms with Gasteiger partial charge in [0.1, 0.15) is 6.73 Å². The molecule has 0 fully saturated rings. The summed E-state index contributed by atoms with van der Waals surface area (Å²) >= 11 is 1.66. The summed E-state index contributed by atoms with van der Waals surface area (Å²) in [6, 6.07) is 5.42. The summed E-state index contributed by atoms with van der Waals surface area (Å²) in [6.45, 7) is 1.54. The molecule has 132 valence electrons. The van der Waals surface area contributed by atoms with E-state index in [-0.39, 0.29) is 35.5 Å². The van der Waals surface area contributed by atoms with Crippen molar-refractivity contribution in [3.63, 3.8) is 0 Å². The van der Waals surface area contributed by atoms with Crippen molar-refractivity contribution in [1.29, 1.82) is 0 Å². The van der Waals surface area contributed by atoms with Crippen molar-refractivity contribution in [2.24, 2.45) is 0 Å². The molecule has 0 radical (unpaired) electrons. The van der Waals surface area contributed by atoms with Crippen molar-refractivity contribution in [2.45, 2.75) is 25.0 Å². The van der Waals surface area contributed by atoms with E-state index < -0.39 is 20.6 Å². The Labute approximate surface area is 171 Å². The fourth-order valence-corrected chi connectivity index (χ4v) is 2.98. The van der Waals surface area contributed by atoms with Gasteiger partial charge in [0.05, 0.1) is 18.1 Å². The first-order valence-electron chi connectivity index (χ1n) is 7.00. The maximum Gasteiger partial charge on any atom is 1.00 e. The zero-order chi connectivity index (χ0) is 17.7. The van der Waals surface area contributed by atoms with Gasteiger partial charge in [0.15, 0.2) is 0 Å². The summed E-state index contributed by atoms with van der Waals surface area (Å²) in [5, 5.41) is 2.38. The number of thioether (sulfide) groups is 1. The minimum atomic E-state index is -4.92. The quantitative estimate of drug-likeness (QED) is 0.352. The van der Waals surface area contributed by atoms with Crippen molar-refractivity contribution in [3.8, 4) is 0 Å². The summed E-state index contributed by atoms with van der Waals surface area (Å²) in [7, 11) is -3.72. The number of hydrogen-bond donors (Lipinski definition) is 2. The molecule has 1 amide bonds. The molecule has 1 aromatic carbocycles. The van der Waals surface area contributed by atoms with E-state index in [0.717, 1.165) is 17.1 Å². The number of fused-ring (bicyclic) bond motifs is 1. The number of rotatable bonds is 7. The van der Waals surface area contributed by atoms with Crippen LogP contribution in [0, 0.1) is 0 Å². The van der Waals surface area contributed by atoms with Gasteiger partial charge in [-0.3, -0.25) is 19.0 Å². The molecule has 25 heavy (non-hydrogen) atoms. The average molecular weight is 397 g/mol. The van der Waals surface area contributed by atoms with Crippen LogP contribution in [0.3, 0.4) is 0 Å². The van der Waals surface area contributed by atoms with E-state index in [4.69, 9.17) is 4.89 Å². The largest absolute Gasteiger partial charge is 1.00 e. The first-order valence-corrected chi connectivity index (χ1v) is 9.48. The first-order chi connectivity index (χ1) is 11.3. The summed E-state index contributed by atoms with van der Waals surface area (Å²) < 4.78 is 21.1. The summed E-state index contributed by atoms with van der Waals surface area (Å²) in [4.78, 5) is 36.3. The van der Waals surface area contributed by atoms with Gasteiger partial charge in [0, 0.05) is 4.90 Å². The number of benzene rings is 1. The van der Waals surface area contributed by atoms with Crippen LogP contribution < -0.4 is 39.8 Å². The topological polar surface area (TPSA) is 126 Å². The second kappa shape index (κ2) is 9.94. The van der Waals surface area contributed by atoms with Crippen LogP contribution in [0.1, 0.15) is 13.3 Å². The van der Waals surface area contributed by atoms with E-state index in [2.05, 4.69) is 26.5 Å². The molecule has 0 spiro atoms. The van der Waals surface area contributed by atoms with Gasteiger partial charge < -0.3 is 14.5 Å². The Morgan fingerprint density at radius 2 is 2.24 bits per heavy atom. The van der Waals surface area contributed by atoms with Crippen LogP contribution in [0.4, 0.5) is 10.7 Å². The van der Waals surface area contributed by atoms with Gasteiger partial charge in [0.2, 0.25) is 5.95 Å². The molecule has 0 saturated heterocycles. The standard InChI is InChI=1S/C13H18N3O6PS.Na/c1-3-6-24-9-4-5-11-10(7-9)14-12(15-13(17)21-2)16(11)8-22-23(18,19)20;/h4-5,7H,3,6,8H2,1-2H3,(H,14,15,17)(H2,18,19,20);/q;+1/p-1. The Morgan fingerprint density at radius 1 is 1.52 bits per heavy atom. The van der Waals surface area contributed by atoms with Gasteiger partial charge in [-0.2, -0.15) is 0 Å².